The maximum Gasteiger partial charge on any atom is 0.230 e. The Labute approximate surface area is 84.4 Å². The molecule has 80 valence electrons. The number of likely N-dealkylation sites (tertiary alicyclic amines) is 1. The molecule has 2 amide bonds. The lowest BCUT2D eigenvalue weighted by molar-refractivity contribution is -0.153. The van der Waals surface area contributed by atoms with Crippen LogP contribution in [0.2, 0.25) is 0 Å². The zero-order valence-corrected chi connectivity index (χ0v) is 8.88. The standard InChI is InChI=1S/C10H18N2O2/c1-3-4-10(2)5-8(13)12(7-11)9(14)6-10/h3-7,11H2,1-2H3. The van der Waals surface area contributed by atoms with Crippen molar-refractivity contribution in [1.29, 1.82) is 0 Å². The molecule has 0 saturated carbocycles. The molecule has 0 unspecified atom stereocenters. The number of nitrogens with zero attached hydrogens (tertiary/aromatic N) is 1. The van der Waals surface area contributed by atoms with E-state index in [1.54, 1.807) is 0 Å². The van der Waals surface area contributed by atoms with Gasteiger partial charge in [-0.25, -0.2) is 0 Å². The quantitative estimate of drug-likeness (QED) is 0.684. The summed E-state index contributed by atoms with van der Waals surface area (Å²) in [5.74, 6) is -0.251. The van der Waals surface area contributed by atoms with Crippen LogP contribution in [0, 0.1) is 5.41 Å². The summed E-state index contributed by atoms with van der Waals surface area (Å²) >= 11 is 0. The molecule has 1 aliphatic rings. The Balaban J connectivity index is 2.74. The molecule has 14 heavy (non-hydrogen) atoms. The van der Waals surface area contributed by atoms with Gasteiger partial charge >= 0.3 is 0 Å². The van der Waals surface area contributed by atoms with Gasteiger partial charge in [-0.05, 0) is 11.8 Å². The van der Waals surface area contributed by atoms with E-state index >= 15 is 0 Å². The van der Waals surface area contributed by atoms with Gasteiger partial charge in [-0.2, -0.15) is 0 Å². The van der Waals surface area contributed by atoms with Gasteiger partial charge in [0, 0.05) is 12.8 Å². The van der Waals surface area contributed by atoms with Crippen LogP contribution in [0.25, 0.3) is 0 Å². The topological polar surface area (TPSA) is 63.4 Å². The number of hydrogen-bond acceptors (Lipinski definition) is 3. The van der Waals surface area contributed by atoms with Crippen LogP contribution in [0.5, 0.6) is 0 Å². The molecule has 4 heteroatoms. The number of carbonyl (C=O) groups excluding carboxylic acids is 2. The first-order valence-electron chi connectivity index (χ1n) is 5.05. The van der Waals surface area contributed by atoms with Crippen molar-refractivity contribution >= 4 is 11.8 Å². The molecule has 0 aliphatic carbocycles. The summed E-state index contributed by atoms with van der Waals surface area (Å²) in [6, 6.07) is 0. The molecule has 0 radical (unpaired) electrons. The van der Waals surface area contributed by atoms with Gasteiger partial charge in [0.05, 0.1) is 6.67 Å². The molecule has 2 N–H and O–H groups in total. The zero-order chi connectivity index (χ0) is 10.8. The Morgan fingerprint density at radius 3 is 2.21 bits per heavy atom. The van der Waals surface area contributed by atoms with Crippen LogP contribution in [0.3, 0.4) is 0 Å². The first-order chi connectivity index (χ1) is 6.52. The summed E-state index contributed by atoms with van der Waals surface area (Å²) < 4.78 is 0. The molecule has 0 aromatic rings. The van der Waals surface area contributed by atoms with E-state index in [0.717, 1.165) is 17.7 Å². The largest absolute Gasteiger partial charge is 0.313 e. The van der Waals surface area contributed by atoms with Gasteiger partial charge in [0.25, 0.3) is 0 Å². The number of rotatable bonds is 3. The molecule has 1 heterocycles. The Bertz CT molecular complexity index is 233. The van der Waals surface area contributed by atoms with Crippen molar-refractivity contribution in [2.75, 3.05) is 6.67 Å². The Morgan fingerprint density at radius 2 is 1.86 bits per heavy atom. The molecule has 1 saturated heterocycles. The highest BCUT2D eigenvalue weighted by atomic mass is 16.2. The molecule has 1 aliphatic heterocycles. The van der Waals surface area contributed by atoms with Crippen LogP contribution in [0.1, 0.15) is 39.5 Å². The van der Waals surface area contributed by atoms with Gasteiger partial charge in [-0.15, -0.1) is 0 Å². The molecular formula is C10H18N2O2. The summed E-state index contributed by atoms with van der Waals surface area (Å²) in [6.45, 7) is 4.08. The number of nitrogens with two attached hydrogens (primary N) is 1. The van der Waals surface area contributed by atoms with Crippen molar-refractivity contribution in [1.82, 2.24) is 4.90 Å². The second-order valence-electron chi connectivity index (χ2n) is 4.31. The molecule has 0 bridgehead atoms. The Hall–Kier alpha value is -0.900. The highest BCUT2D eigenvalue weighted by molar-refractivity contribution is 5.98. The molecule has 1 fully saturated rings. The maximum absolute atomic E-state index is 11.6. The highest BCUT2D eigenvalue weighted by Gasteiger charge is 2.39. The third-order valence-electron chi connectivity index (χ3n) is 2.79. The zero-order valence-electron chi connectivity index (χ0n) is 8.88. The monoisotopic (exact) mass is 198 g/mol. The van der Waals surface area contributed by atoms with Crippen LogP contribution in [-0.4, -0.2) is 23.4 Å². The number of amides is 2. The van der Waals surface area contributed by atoms with Crippen LogP contribution in [0.15, 0.2) is 0 Å². The van der Waals surface area contributed by atoms with Crippen molar-refractivity contribution in [2.24, 2.45) is 11.1 Å². The summed E-state index contributed by atoms with van der Waals surface area (Å²) in [4.78, 5) is 24.3. The average Bonchev–Trinajstić information content (AvgIpc) is 2.02. The average molecular weight is 198 g/mol. The van der Waals surface area contributed by atoms with Crippen LogP contribution < -0.4 is 5.73 Å². The number of imide groups is 1. The minimum Gasteiger partial charge on any atom is -0.313 e. The minimum absolute atomic E-state index is 0.0138. The fourth-order valence-electron chi connectivity index (χ4n) is 2.11. The smallest absolute Gasteiger partial charge is 0.230 e. The minimum atomic E-state index is -0.144. The van der Waals surface area contributed by atoms with Gasteiger partial charge in [0.15, 0.2) is 0 Å². The van der Waals surface area contributed by atoms with Crippen molar-refractivity contribution in [3.63, 3.8) is 0 Å². The second kappa shape index (κ2) is 4.09. The van der Waals surface area contributed by atoms with E-state index in [1.807, 2.05) is 6.92 Å². The van der Waals surface area contributed by atoms with Crippen LogP contribution in [-0.2, 0) is 9.59 Å². The third-order valence-corrected chi connectivity index (χ3v) is 2.79. The first-order valence-corrected chi connectivity index (χ1v) is 5.05. The maximum atomic E-state index is 11.6. The van der Waals surface area contributed by atoms with Crippen molar-refractivity contribution in [3.05, 3.63) is 0 Å². The van der Waals surface area contributed by atoms with Gasteiger partial charge in [-0.3, -0.25) is 14.5 Å². The number of hydrogen-bond donors (Lipinski definition) is 1. The van der Waals surface area contributed by atoms with E-state index in [9.17, 15) is 9.59 Å². The van der Waals surface area contributed by atoms with E-state index < -0.39 is 0 Å². The Kier molecular flexibility index (Phi) is 3.26. The lowest BCUT2D eigenvalue weighted by Gasteiger charge is -2.36. The van der Waals surface area contributed by atoms with Crippen LogP contribution in [0.4, 0.5) is 0 Å². The van der Waals surface area contributed by atoms with E-state index in [0.29, 0.717) is 12.8 Å². The van der Waals surface area contributed by atoms with Crippen LogP contribution >= 0.6 is 0 Å². The lowest BCUT2D eigenvalue weighted by Crippen LogP contribution is -2.49. The van der Waals surface area contributed by atoms with Crippen molar-refractivity contribution < 1.29 is 9.59 Å². The molecule has 0 aromatic heterocycles. The molecular weight excluding hydrogens is 180 g/mol. The van der Waals surface area contributed by atoms with Crippen molar-refractivity contribution in [3.8, 4) is 0 Å². The van der Waals surface area contributed by atoms with Gasteiger partial charge < -0.3 is 5.73 Å². The van der Waals surface area contributed by atoms with Gasteiger partial charge in [0.1, 0.15) is 0 Å². The lowest BCUT2D eigenvalue weighted by atomic mass is 9.76. The summed E-state index contributed by atoms with van der Waals surface area (Å²) in [5.41, 5.74) is 5.19. The summed E-state index contributed by atoms with van der Waals surface area (Å²) in [7, 11) is 0. The molecule has 0 aromatic carbocycles. The fourth-order valence-corrected chi connectivity index (χ4v) is 2.11. The molecule has 0 atom stereocenters. The highest BCUT2D eigenvalue weighted by Crippen LogP contribution is 2.36. The van der Waals surface area contributed by atoms with Gasteiger partial charge in [-0.1, -0.05) is 20.3 Å². The van der Waals surface area contributed by atoms with Crippen molar-refractivity contribution in [2.45, 2.75) is 39.5 Å². The predicted octanol–water partition coefficient (Wildman–Crippen LogP) is 0.858. The predicted molar refractivity (Wildman–Crippen MR) is 53.2 cm³/mol. The molecule has 1 rings (SSSR count). The SMILES string of the molecule is CCCC1(C)CC(=O)N(CN)C(=O)C1. The van der Waals surface area contributed by atoms with E-state index in [-0.39, 0.29) is 23.9 Å². The number of piperidine rings is 1. The Morgan fingerprint density at radius 1 is 1.36 bits per heavy atom. The summed E-state index contributed by atoms with van der Waals surface area (Å²) in [6.07, 6.45) is 2.82. The van der Waals surface area contributed by atoms with E-state index in [4.69, 9.17) is 5.73 Å². The molecule has 0 spiro atoms. The molecule has 4 nitrogen and oxygen atoms in total. The van der Waals surface area contributed by atoms with E-state index in [1.165, 1.54) is 0 Å². The fraction of sp³-hybridized carbons (Fsp3) is 0.800. The normalized spacial score (nSPS) is 21.5. The first kappa shape index (κ1) is 11.2. The number of carbonyl (C=O) groups is 2. The summed E-state index contributed by atoms with van der Waals surface area (Å²) in [5, 5.41) is 0. The second-order valence-corrected chi connectivity index (χ2v) is 4.31. The van der Waals surface area contributed by atoms with Gasteiger partial charge in [0.2, 0.25) is 11.8 Å². The third kappa shape index (κ3) is 2.12. The van der Waals surface area contributed by atoms with E-state index in [2.05, 4.69) is 6.92 Å².